The molecule has 2 aromatic carbocycles. The van der Waals surface area contributed by atoms with Crippen LogP contribution in [0.5, 0.6) is 11.5 Å². The molecule has 2 rings (SSSR count). The molecule has 28 heavy (non-hydrogen) atoms. The molecule has 0 aliphatic rings. The molecule has 0 aromatic heterocycles. The van der Waals surface area contributed by atoms with Gasteiger partial charge in [0.15, 0.2) is 17.5 Å². The number of aliphatic imine (C=N–C) groups is 1. The smallest absolute Gasteiger partial charge is 0.387 e. The first kappa shape index (κ1) is 23.9. The first-order valence-electron chi connectivity index (χ1n) is 8.72. The summed E-state index contributed by atoms with van der Waals surface area (Å²) in [5, 5.41) is 6.46. The van der Waals surface area contributed by atoms with E-state index in [0.29, 0.717) is 25.6 Å². The predicted octanol–water partition coefficient (Wildman–Crippen LogP) is 4.48. The summed E-state index contributed by atoms with van der Waals surface area (Å²) < 4.78 is 34.7. The molecule has 8 heteroatoms. The van der Waals surface area contributed by atoms with E-state index in [1.54, 1.807) is 12.1 Å². The molecule has 2 N–H and O–H groups in total. The number of halogens is 3. The van der Waals surface area contributed by atoms with Crippen LogP contribution in [0.4, 0.5) is 8.78 Å². The van der Waals surface area contributed by atoms with Crippen LogP contribution in [0.1, 0.15) is 23.6 Å². The lowest BCUT2D eigenvalue weighted by molar-refractivity contribution is -0.0512. The number of nitrogens with one attached hydrogen (secondary N) is 2. The highest BCUT2D eigenvalue weighted by atomic mass is 127. The van der Waals surface area contributed by atoms with Crippen LogP contribution >= 0.6 is 24.0 Å². The molecule has 5 nitrogen and oxygen atoms in total. The van der Waals surface area contributed by atoms with Gasteiger partial charge in [-0.05, 0) is 42.7 Å². The van der Waals surface area contributed by atoms with Crippen LogP contribution in [-0.2, 0) is 13.1 Å². The number of aryl methyl sites for hydroxylation is 1. The number of benzene rings is 2. The summed E-state index contributed by atoms with van der Waals surface area (Å²) >= 11 is 0. The van der Waals surface area contributed by atoms with E-state index in [4.69, 9.17) is 4.74 Å². The molecular weight excluding hydrogens is 479 g/mol. The minimum atomic E-state index is -2.91. The predicted molar refractivity (Wildman–Crippen MR) is 118 cm³/mol. The number of rotatable bonds is 8. The minimum absolute atomic E-state index is 0. The zero-order valence-corrected chi connectivity index (χ0v) is 18.5. The van der Waals surface area contributed by atoms with Crippen molar-refractivity contribution in [2.45, 2.75) is 33.5 Å². The molecule has 0 amide bonds. The summed E-state index contributed by atoms with van der Waals surface area (Å²) in [4.78, 5) is 4.51. The van der Waals surface area contributed by atoms with E-state index in [0.717, 1.165) is 5.56 Å². The average molecular weight is 505 g/mol. The number of ether oxygens (including phenoxy) is 2. The van der Waals surface area contributed by atoms with Crippen LogP contribution in [0, 0.1) is 6.92 Å². The highest BCUT2D eigenvalue weighted by Crippen LogP contribution is 2.29. The van der Waals surface area contributed by atoms with Gasteiger partial charge in [-0.1, -0.05) is 30.3 Å². The Morgan fingerprint density at radius 2 is 1.86 bits per heavy atom. The Hall–Kier alpha value is -2.10. The maximum Gasteiger partial charge on any atom is 0.387 e. The van der Waals surface area contributed by atoms with Gasteiger partial charge in [0, 0.05) is 13.1 Å². The van der Waals surface area contributed by atoms with E-state index < -0.39 is 6.61 Å². The lowest BCUT2D eigenvalue weighted by Crippen LogP contribution is -2.36. The number of alkyl halides is 2. The SMILES string of the molecule is CCNC(=NCc1ccc(OC)c(OC(F)F)c1)NCc1ccccc1C.I. The summed E-state index contributed by atoms with van der Waals surface area (Å²) in [5.74, 6) is 0.901. The van der Waals surface area contributed by atoms with E-state index in [-0.39, 0.29) is 35.5 Å². The number of hydrogen-bond donors (Lipinski definition) is 2. The van der Waals surface area contributed by atoms with Crippen LogP contribution in [-0.4, -0.2) is 26.2 Å². The van der Waals surface area contributed by atoms with E-state index in [1.807, 2.05) is 19.1 Å². The van der Waals surface area contributed by atoms with Crippen molar-refractivity contribution in [3.63, 3.8) is 0 Å². The van der Waals surface area contributed by atoms with Crippen molar-refractivity contribution >= 4 is 29.9 Å². The fraction of sp³-hybridized carbons (Fsp3) is 0.350. The Balaban J connectivity index is 0.00000392. The summed E-state index contributed by atoms with van der Waals surface area (Å²) in [6.07, 6.45) is 0. The zero-order chi connectivity index (χ0) is 19.6. The van der Waals surface area contributed by atoms with Gasteiger partial charge in [0.05, 0.1) is 13.7 Å². The van der Waals surface area contributed by atoms with Gasteiger partial charge in [-0.2, -0.15) is 8.78 Å². The molecule has 0 saturated carbocycles. The summed E-state index contributed by atoms with van der Waals surface area (Å²) in [5.41, 5.74) is 3.12. The Kier molecular flexibility index (Phi) is 10.6. The number of nitrogens with zero attached hydrogens (tertiary/aromatic N) is 1. The Morgan fingerprint density at radius 1 is 1.11 bits per heavy atom. The van der Waals surface area contributed by atoms with Crippen LogP contribution in [0.25, 0.3) is 0 Å². The van der Waals surface area contributed by atoms with Gasteiger partial charge in [0.1, 0.15) is 0 Å². The van der Waals surface area contributed by atoms with Crippen molar-refractivity contribution in [3.05, 3.63) is 59.2 Å². The first-order valence-corrected chi connectivity index (χ1v) is 8.72. The van der Waals surface area contributed by atoms with Crippen molar-refractivity contribution in [3.8, 4) is 11.5 Å². The van der Waals surface area contributed by atoms with E-state index in [9.17, 15) is 8.78 Å². The summed E-state index contributed by atoms with van der Waals surface area (Å²) in [7, 11) is 1.41. The third kappa shape index (κ3) is 7.49. The minimum Gasteiger partial charge on any atom is -0.493 e. The largest absolute Gasteiger partial charge is 0.493 e. The maximum absolute atomic E-state index is 12.6. The molecular formula is C20H26F2IN3O2. The van der Waals surface area contributed by atoms with Crippen molar-refractivity contribution in [2.75, 3.05) is 13.7 Å². The van der Waals surface area contributed by atoms with E-state index >= 15 is 0 Å². The Morgan fingerprint density at radius 3 is 2.50 bits per heavy atom. The standard InChI is InChI=1S/C20H25F2N3O2.HI/c1-4-23-20(25-13-16-8-6-5-7-14(16)2)24-12-15-9-10-17(26-3)18(11-15)27-19(21)22;/h5-11,19H,4,12-13H2,1-3H3,(H2,23,24,25);1H. The fourth-order valence-electron chi connectivity index (χ4n) is 2.51. The molecule has 0 aliphatic carbocycles. The molecule has 2 aromatic rings. The molecule has 0 spiro atoms. The quantitative estimate of drug-likeness (QED) is 0.316. The first-order chi connectivity index (χ1) is 13.0. The van der Waals surface area contributed by atoms with Gasteiger partial charge in [0.2, 0.25) is 0 Å². The fourth-order valence-corrected chi connectivity index (χ4v) is 2.51. The molecule has 0 aliphatic heterocycles. The van der Waals surface area contributed by atoms with Crippen molar-refractivity contribution < 1.29 is 18.3 Å². The second-order valence-electron chi connectivity index (χ2n) is 5.84. The van der Waals surface area contributed by atoms with Crippen LogP contribution < -0.4 is 20.1 Å². The Bertz CT molecular complexity index is 773. The molecule has 0 saturated heterocycles. The highest BCUT2D eigenvalue weighted by molar-refractivity contribution is 14.0. The van der Waals surface area contributed by atoms with Crippen molar-refractivity contribution in [1.82, 2.24) is 10.6 Å². The highest BCUT2D eigenvalue weighted by Gasteiger charge is 2.11. The molecule has 0 fully saturated rings. The van der Waals surface area contributed by atoms with Gasteiger partial charge >= 0.3 is 6.61 Å². The average Bonchev–Trinajstić information content (AvgIpc) is 2.65. The van der Waals surface area contributed by atoms with Gasteiger partial charge in [0.25, 0.3) is 0 Å². The number of hydrogen-bond acceptors (Lipinski definition) is 3. The second kappa shape index (κ2) is 12.4. The molecule has 0 radical (unpaired) electrons. The van der Waals surface area contributed by atoms with Crippen LogP contribution in [0.3, 0.4) is 0 Å². The maximum atomic E-state index is 12.6. The number of methoxy groups -OCH3 is 1. The molecule has 0 atom stereocenters. The van der Waals surface area contributed by atoms with E-state index in [2.05, 4.69) is 39.4 Å². The number of guanidine groups is 1. The van der Waals surface area contributed by atoms with Crippen LogP contribution in [0.15, 0.2) is 47.5 Å². The van der Waals surface area contributed by atoms with Gasteiger partial charge in [-0.15, -0.1) is 24.0 Å². The lowest BCUT2D eigenvalue weighted by atomic mass is 10.1. The normalized spacial score (nSPS) is 11.0. The van der Waals surface area contributed by atoms with Crippen molar-refractivity contribution in [1.29, 1.82) is 0 Å². The molecule has 0 bridgehead atoms. The lowest BCUT2D eigenvalue weighted by Gasteiger charge is -2.13. The monoisotopic (exact) mass is 505 g/mol. The van der Waals surface area contributed by atoms with Gasteiger partial charge in [-0.25, -0.2) is 4.99 Å². The van der Waals surface area contributed by atoms with Crippen molar-refractivity contribution in [2.24, 2.45) is 4.99 Å². The summed E-state index contributed by atoms with van der Waals surface area (Å²) in [6, 6.07) is 13.0. The summed E-state index contributed by atoms with van der Waals surface area (Å²) in [6.45, 7) is 2.79. The third-order valence-electron chi connectivity index (χ3n) is 3.92. The topological polar surface area (TPSA) is 54.9 Å². The van der Waals surface area contributed by atoms with Gasteiger partial charge < -0.3 is 20.1 Å². The molecule has 0 heterocycles. The zero-order valence-electron chi connectivity index (χ0n) is 16.2. The van der Waals surface area contributed by atoms with Crippen LogP contribution in [0.2, 0.25) is 0 Å². The molecule has 154 valence electrons. The second-order valence-corrected chi connectivity index (χ2v) is 5.84. The molecule has 0 unspecified atom stereocenters. The third-order valence-corrected chi connectivity index (χ3v) is 3.92. The van der Waals surface area contributed by atoms with E-state index in [1.165, 1.54) is 24.3 Å². The van der Waals surface area contributed by atoms with Gasteiger partial charge in [-0.3, -0.25) is 0 Å². The Labute approximate surface area is 181 Å².